The van der Waals surface area contributed by atoms with Gasteiger partial charge in [0.05, 0.1) is 16.4 Å². The fourth-order valence-corrected chi connectivity index (χ4v) is 4.58. The molecule has 0 amide bonds. The molecule has 0 fully saturated rings. The molecule has 2 aromatic heterocycles. The predicted molar refractivity (Wildman–Crippen MR) is 106 cm³/mol. The van der Waals surface area contributed by atoms with Crippen LogP contribution in [-0.4, -0.2) is 9.38 Å². The minimum Gasteiger partial charge on any atom is -0.424 e. The van der Waals surface area contributed by atoms with Gasteiger partial charge in [-0.15, -0.1) is 0 Å². The smallest absolute Gasteiger partial charge is 0.310 e. The van der Waals surface area contributed by atoms with Gasteiger partial charge in [-0.2, -0.15) is 4.98 Å². The lowest BCUT2D eigenvalue weighted by molar-refractivity contribution is 0.589. The van der Waals surface area contributed by atoms with Gasteiger partial charge >= 0.3 is 5.84 Å². The van der Waals surface area contributed by atoms with Gasteiger partial charge in [-0.05, 0) is 34.9 Å². The molecule has 3 aromatic carbocycles. The molecule has 2 heterocycles. The fraction of sp³-hybridized carbons (Fsp3) is 0.130. The van der Waals surface area contributed by atoms with Crippen molar-refractivity contribution in [1.29, 1.82) is 0 Å². The van der Waals surface area contributed by atoms with Gasteiger partial charge in [-0.3, -0.25) is 4.79 Å². The molecule has 4 nitrogen and oxygen atoms in total. The molecule has 0 spiro atoms. The lowest BCUT2D eigenvalue weighted by atomic mass is 9.82. The SMILES string of the molecule is CC1(C)c2ccccc2-c2ccc3c(=O)n4c(nc5ccccc54)oc3c21. The van der Waals surface area contributed by atoms with Crippen LogP contribution < -0.4 is 5.56 Å². The molecule has 0 unspecified atom stereocenters. The molecule has 0 bridgehead atoms. The Balaban J connectivity index is 1.83. The van der Waals surface area contributed by atoms with E-state index in [9.17, 15) is 4.79 Å². The third-order valence-corrected chi connectivity index (χ3v) is 5.83. The Hall–Kier alpha value is -3.40. The quantitative estimate of drug-likeness (QED) is 0.398. The molecule has 0 radical (unpaired) electrons. The average Bonchev–Trinajstić information content (AvgIpc) is 3.16. The van der Waals surface area contributed by atoms with Crippen molar-refractivity contribution in [2.45, 2.75) is 19.3 Å². The highest BCUT2D eigenvalue weighted by Crippen LogP contribution is 2.50. The van der Waals surface area contributed by atoms with E-state index < -0.39 is 0 Å². The number of hydrogen-bond acceptors (Lipinski definition) is 3. The lowest BCUT2D eigenvalue weighted by Crippen LogP contribution is -2.18. The van der Waals surface area contributed by atoms with Crippen LogP contribution in [0.1, 0.15) is 25.0 Å². The standard InChI is InChI=1S/C23H16N2O2/c1-23(2)16-8-4-3-7-13(16)14-11-12-15-20(19(14)23)27-22-24-17-9-5-6-10-18(17)25(22)21(15)26/h3-12H,1-2H3. The zero-order valence-electron chi connectivity index (χ0n) is 15.0. The predicted octanol–water partition coefficient (Wildman–Crippen LogP) is 4.90. The molecule has 130 valence electrons. The summed E-state index contributed by atoms with van der Waals surface area (Å²) in [4.78, 5) is 17.9. The molecule has 0 saturated heterocycles. The summed E-state index contributed by atoms with van der Waals surface area (Å²) < 4.78 is 7.84. The summed E-state index contributed by atoms with van der Waals surface area (Å²) >= 11 is 0. The van der Waals surface area contributed by atoms with Gasteiger partial charge in [0, 0.05) is 11.0 Å². The molecular formula is C23H16N2O2. The third kappa shape index (κ3) is 1.68. The Labute approximate surface area is 154 Å². The van der Waals surface area contributed by atoms with Crippen LogP contribution in [0, 0.1) is 0 Å². The van der Waals surface area contributed by atoms with E-state index in [1.165, 1.54) is 11.1 Å². The van der Waals surface area contributed by atoms with E-state index in [4.69, 9.17) is 4.42 Å². The summed E-state index contributed by atoms with van der Waals surface area (Å²) in [6.07, 6.45) is 0. The second-order valence-corrected chi connectivity index (χ2v) is 7.66. The molecular weight excluding hydrogens is 336 g/mol. The summed E-state index contributed by atoms with van der Waals surface area (Å²) in [5.74, 6) is 0.342. The van der Waals surface area contributed by atoms with Crippen molar-refractivity contribution in [2.75, 3.05) is 0 Å². The maximum atomic E-state index is 13.3. The van der Waals surface area contributed by atoms with Crippen LogP contribution in [0.2, 0.25) is 0 Å². The fourth-order valence-electron chi connectivity index (χ4n) is 4.58. The van der Waals surface area contributed by atoms with Gasteiger partial charge in [-0.25, -0.2) is 4.40 Å². The van der Waals surface area contributed by atoms with Crippen LogP contribution in [0.25, 0.3) is 39.0 Å². The topological polar surface area (TPSA) is 47.5 Å². The number of benzene rings is 3. The second kappa shape index (κ2) is 4.65. The van der Waals surface area contributed by atoms with Crippen LogP contribution in [-0.2, 0) is 5.41 Å². The van der Waals surface area contributed by atoms with E-state index in [1.54, 1.807) is 4.40 Å². The van der Waals surface area contributed by atoms with Gasteiger partial charge in [0.25, 0.3) is 5.56 Å². The molecule has 0 saturated carbocycles. The van der Waals surface area contributed by atoms with Crippen molar-refractivity contribution in [1.82, 2.24) is 9.38 Å². The van der Waals surface area contributed by atoms with Crippen molar-refractivity contribution in [3.63, 3.8) is 0 Å². The molecule has 0 N–H and O–H groups in total. The Kier molecular flexibility index (Phi) is 2.54. The number of fused-ring (bicyclic) bond motifs is 8. The van der Waals surface area contributed by atoms with Crippen LogP contribution in [0.5, 0.6) is 0 Å². The minimum absolute atomic E-state index is 0.0884. The molecule has 5 aromatic rings. The van der Waals surface area contributed by atoms with Crippen molar-refractivity contribution >= 4 is 27.8 Å². The van der Waals surface area contributed by atoms with Crippen molar-refractivity contribution in [2.24, 2.45) is 0 Å². The highest BCUT2D eigenvalue weighted by molar-refractivity contribution is 5.95. The molecule has 6 rings (SSSR count). The zero-order chi connectivity index (χ0) is 18.3. The maximum Gasteiger partial charge on any atom is 0.310 e. The number of hydrogen-bond donors (Lipinski definition) is 0. The third-order valence-electron chi connectivity index (χ3n) is 5.83. The highest BCUT2D eigenvalue weighted by atomic mass is 16.4. The first kappa shape index (κ1) is 14.7. The van der Waals surface area contributed by atoms with Gasteiger partial charge in [-0.1, -0.05) is 56.3 Å². The van der Waals surface area contributed by atoms with Gasteiger partial charge in [0.15, 0.2) is 0 Å². The van der Waals surface area contributed by atoms with Crippen molar-refractivity contribution < 1.29 is 4.42 Å². The number of nitrogens with zero attached hydrogens (tertiary/aromatic N) is 2. The first-order valence-electron chi connectivity index (χ1n) is 9.05. The summed E-state index contributed by atoms with van der Waals surface area (Å²) in [5, 5.41) is 0.588. The maximum absolute atomic E-state index is 13.3. The monoisotopic (exact) mass is 352 g/mol. The second-order valence-electron chi connectivity index (χ2n) is 7.66. The average molecular weight is 352 g/mol. The summed E-state index contributed by atoms with van der Waals surface area (Å²) in [6, 6.07) is 19.9. The minimum atomic E-state index is -0.244. The van der Waals surface area contributed by atoms with E-state index in [-0.39, 0.29) is 11.0 Å². The lowest BCUT2D eigenvalue weighted by Gasteiger charge is -2.21. The number of aromatic nitrogens is 2. The summed E-state index contributed by atoms with van der Waals surface area (Å²) in [6.45, 7) is 4.37. The molecule has 0 atom stereocenters. The Bertz CT molecular complexity index is 1470. The number of para-hydroxylation sites is 2. The van der Waals surface area contributed by atoms with Gasteiger partial charge in [0.1, 0.15) is 5.58 Å². The van der Waals surface area contributed by atoms with E-state index in [0.717, 1.165) is 22.2 Å². The zero-order valence-corrected chi connectivity index (χ0v) is 15.0. The van der Waals surface area contributed by atoms with Crippen LogP contribution in [0.4, 0.5) is 0 Å². The van der Waals surface area contributed by atoms with Crippen molar-refractivity contribution in [3.05, 3.63) is 82.1 Å². The van der Waals surface area contributed by atoms with Crippen LogP contribution >= 0.6 is 0 Å². The summed E-state index contributed by atoms with van der Waals surface area (Å²) in [7, 11) is 0. The molecule has 1 aliphatic rings. The van der Waals surface area contributed by atoms with E-state index in [2.05, 4.69) is 43.1 Å². The molecule has 1 aliphatic carbocycles. The van der Waals surface area contributed by atoms with Crippen LogP contribution in [0.3, 0.4) is 0 Å². The highest BCUT2D eigenvalue weighted by Gasteiger charge is 2.38. The summed E-state index contributed by atoms with van der Waals surface area (Å²) in [5.41, 5.74) is 6.49. The Morgan fingerprint density at radius 2 is 1.70 bits per heavy atom. The van der Waals surface area contributed by atoms with E-state index >= 15 is 0 Å². The van der Waals surface area contributed by atoms with Crippen LogP contribution in [0.15, 0.2) is 69.9 Å². The Morgan fingerprint density at radius 3 is 2.59 bits per heavy atom. The number of rotatable bonds is 0. The first-order chi connectivity index (χ1) is 13.1. The van der Waals surface area contributed by atoms with Gasteiger partial charge < -0.3 is 4.42 Å². The number of imidazole rings is 1. The Morgan fingerprint density at radius 1 is 0.926 bits per heavy atom. The molecule has 0 aliphatic heterocycles. The normalized spacial score (nSPS) is 14.7. The van der Waals surface area contributed by atoms with Gasteiger partial charge in [0.2, 0.25) is 0 Å². The first-order valence-corrected chi connectivity index (χ1v) is 9.05. The van der Waals surface area contributed by atoms with E-state index in [0.29, 0.717) is 16.8 Å². The molecule has 27 heavy (non-hydrogen) atoms. The molecule has 4 heteroatoms. The van der Waals surface area contributed by atoms with Crippen molar-refractivity contribution in [3.8, 4) is 11.1 Å². The van der Waals surface area contributed by atoms with E-state index in [1.807, 2.05) is 36.4 Å². The largest absolute Gasteiger partial charge is 0.424 e.